The number of aliphatic hydroxyl groups is 2. The number of nitrogens with zero attached hydrogens (tertiary/aromatic N) is 3. The Morgan fingerprint density at radius 3 is 2.93 bits per heavy atom. The highest BCUT2D eigenvalue weighted by molar-refractivity contribution is 6.66. The minimum Gasteiger partial charge on any atom is -0.428 e. The van der Waals surface area contributed by atoms with E-state index in [-0.39, 0.29) is 25.0 Å². The van der Waals surface area contributed by atoms with E-state index in [2.05, 4.69) is 23.8 Å². The summed E-state index contributed by atoms with van der Waals surface area (Å²) >= 11 is 0. The molecule has 1 aliphatic heterocycles. The summed E-state index contributed by atoms with van der Waals surface area (Å²) in [7, 11) is -0.922. The quantitative estimate of drug-likeness (QED) is 0.582. The van der Waals surface area contributed by atoms with Crippen LogP contribution in [0.2, 0.25) is 0 Å². The van der Waals surface area contributed by atoms with E-state index in [9.17, 15) is 15.2 Å². The van der Waals surface area contributed by atoms with Crippen LogP contribution < -0.4 is 5.46 Å². The van der Waals surface area contributed by atoms with E-state index in [1.165, 1.54) is 0 Å². The van der Waals surface area contributed by atoms with Gasteiger partial charge in [0.15, 0.2) is 0 Å². The Bertz CT molecular complexity index is 959. The fourth-order valence-electron chi connectivity index (χ4n) is 6.44. The van der Waals surface area contributed by atoms with Gasteiger partial charge in [0.25, 0.3) is 0 Å². The second-order valence-corrected chi connectivity index (χ2v) is 9.51. The molecule has 2 fully saturated rings. The summed E-state index contributed by atoms with van der Waals surface area (Å²) in [4.78, 5) is 9.24. The van der Waals surface area contributed by atoms with E-state index >= 15 is 0 Å². The van der Waals surface area contributed by atoms with Crippen LogP contribution >= 0.6 is 0 Å². The second-order valence-electron chi connectivity index (χ2n) is 9.51. The Balaban J connectivity index is 1.66. The molecule has 5 rings (SSSR count). The minimum atomic E-state index is -0.922. The van der Waals surface area contributed by atoms with Crippen molar-refractivity contribution in [2.45, 2.75) is 45.1 Å². The molecule has 4 N–H and O–H groups in total. The third-order valence-electron chi connectivity index (χ3n) is 7.21. The van der Waals surface area contributed by atoms with Gasteiger partial charge in [-0.05, 0) is 49.5 Å². The van der Waals surface area contributed by atoms with Gasteiger partial charge < -0.3 is 25.1 Å². The summed E-state index contributed by atoms with van der Waals surface area (Å²) in [5.74, 6) is 1.32. The molecule has 2 aromatic rings. The fourth-order valence-corrected chi connectivity index (χ4v) is 6.44. The summed E-state index contributed by atoms with van der Waals surface area (Å²) in [6.07, 6.45) is 7.14. The first-order valence-corrected chi connectivity index (χ1v) is 10.7. The number of aromatic amines is 1. The molecule has 0 unspecified atom stereocenters. The number of pyridine rings is 1. The lowest BCUT2D eigenvalue weighted by molar-refractivity contribution is -0.0918. The Morgan fingerprint density at radius 2 is 2.14 bits per heavy atom. The summed E-state index contributed by atoms with van der Waals surface area (Å²) < 4.78 is 0. The number of nitrogens with one attached hydrogen (secondary N) is 1. The number of fused-ring (bicyclic) bond motifs is 5. The van der Waals surface area contributed by atoms with Crippen molar-refractivity contribution in [3.63, 3.8) is 0 Å². The van der Waals surface area contributed by atoms with E-state index in [0.717, 1.165) is 53.5 Å². The maximum Gasteiger partial charge on any atom is 0.468 e. The van der Waals surface area contributed by atoms with E-state index < -0.39 is 12.7 Å². The van der Waals surface area contributed by atoms with Crippen molar-refractivity contribution in [3.8, 4) is 0 Å². The molecule has 7 nitrogen and oxygen atoms in total. The van der Waals surface area contributed by atoms with Crippen molar-refractivity contribution < 1.29 is 15.2 Å². The SMILES string of the molecule is C[C@@H]1C[C@H]2C[C@@](O)(C1)C[C@@H](C)[C@H]2C1=NN(CCO)B(O)c2cnc3[nH]ccc3c21. The third-order valence-corrected chi connectivity index (χ3v) is 7.21. The van der Waals surface area contributed by atoms with Gasteiger partial charge in [-0.2, -0.15) is 5.10 Å². The van der Waals surface area contributed by atoms with Crippen LogP contribution in [0, 0.1) is 23.7 Å². The number of rotatable bonds is 3. The van der Waals surface area contributed by atoms with Crippen molar-refractivity contribution >= 4 is 29.3 Å². The zero-order valence-corrected chi connectivity index (χ0v) is 17.0. The van der Waals surface area contributed by atoms with E-state index in [1.54, 1.807) is 11.1 Å². The zero-order valence-electron chi connectivity index (χ0n) is 17.0. The first-order chi connectivity index (χ1) is 13.9. The van der Waals surface area contributed by atoms with Gasteiger partial charge in [0.1, 0.15) is 5.65 Å². The predicted octanol–water partition coefficient (Wildman–Crippen LogP) is 1.09. The van der Waals surface area contributed by atoms with E-state index in [0.29, 0.717) is 11.8 Å². The molecule has 3 heterocycles. The van der Waals surface area contributed by atoms with Crippen LogP contribution in [0.4, 0.5) is 0 Å². The average molecular weight is 396 g/mol. The molecule has 5 atom stereocenters. The lowest BCUT2D eigenvalue weighted by atomic mass is 9.55. The maximum atomic E-state index is 11.1. The molecule has 29 heavy (non-hydrogen) atoms. The largest absolute Gasteiger partial charge is 0.468 e. The molecule has 0 amide bonds. The number of aliphatic hydroxyl groups excluding tert-OH is 1. The van der Waals surface area contributed by atoms with Crippen LogP contribution in [-0.2, 0) is 0 Å². The first kappa shape index (κ1) is 19.1. The number of H-pyrrole nitrogens is 1. The highest BCUT2D eigenvalue weighted by Gasteiger charge is 2.51. The monoisotopic (exact) mass is 396 g/mol. The van der Waals surface area contributed by atoms with Gasteiger partial charge in [0, 0.05) is 41.3 Å². The summed E-state index contributed by atoms with van der Waals surface area (Å²) in [6, 6.07) is 2.00. The zero-order chi connectivity index (χ0) is 20.3. The fraction of sp³-hybridized carbons (Fsp3) is 0.619. The average Bonchev–Trinajstić information content (AvgIpc) is 3.12. The normalized spacial score (nSPS) is 34.3. The molecule has 0 saturated heterocycles. The molecule has 154 valence electrons. The maximum absolute atomic E-state index is 11.1. The van der Waals surface area contributed by atoms with E-state index in [1.807, 2.05) is 12.3 Å². The lowest BCUT2D eigenvalue weighted by Gasteiger charge is -2.52. The van der Waals surface area contributed by atoms with Gasteiger partial charge in [-0.3, -0.25) is 0 Å². The molecule has 0 aromatic carbocycles. The van der Waals surface area contributed by atoms with Crippen LogP contribution in [-0.4, -0.2) is 61.6 Å². The lowest BCUT2D eigenvalue weighted by Crippen LogP contribution is -2.56. The van der Waals surface area contributed by atoms with Gasteiger partial charge in [-0.15, -0.1) is 0 Å². The van der Waals surface area contributed by atoms with E-state index in [4.69, 9.17) is 5.10 Å². The third kappa shape index (κ3) is 3.00. The summed E-state index contributed by atoms with van der Waals surface area (Å²) in [5, 5.41) is 37.4. The predicted molar refractivity (Wildman–Crippen MR) is 113 cm³/mol. The number of hydrogen-bond donors (Lipinski definition) is 4. The Morgan fingerprint density at radius 1 is 1.31 bits per heavy atom. The van der Waals surface area contributed by atoms with Crippen molar-refractivity contribution in [2.75, 3.05) is 13.2 Å². The van der Waals surface area contributed by atoms with Crippen LogP contribution in [0.5, 0.6) is 0 Å². The van der Waals surface area contributed by atoms with Crippen LogP contribution in [0.1, 0.15) is 45.1 Å². The van der Waals surface area contributed by atoms with Crippen LogP contribution in [0.25, 0.3) is 11.0 Å². The molecule has 0 spiro atoms. The number of aromatic nitrogens is 2. The number of hydrazone groups is 1. The molecular formula is C21H29BN4O3. The molecular weight excluding hydrogens is 367 g/mol. The van der Waals surface area contributed by atoms with Gasteiger partial charge in [0.05, 0.1) is 17.9 Å². The van der Waals surface area contributed by atoms with Crippen molar-refractivity contribution in [2.24, 2.45) is 28.8 Å². The molecule has 0 radical (unpaired) electrons. The highest BCUT2D eigenvalue weighted by Crippen LogP contribution is 2.51. The molecule has 2 aliphatic carbocycles. The molecule has 2 bridgehead atoms. The smallest absolute Gasteiger partial charge is 0.428 e. The molecule has 2 saturated carbocycles. The molecule has 2 aromatic heterocycles. The second kappa shape index (κ2) is 6.82. The van der Waals surface area contributed by atoms with Gasteiger partial charge in [-0.25, -0.2) is 4.98 Å². The van der Waals surface area contributed by atoms with Crippen molar-refractivity contribution in [1.29, 1.82) is 0 Å². The Kier molecular flexibility index (Phi) is 4.49. The van der Waals surface area contributed by atoms with Gasteiger partial charge in [-0.1, -0.05) is 13.8 Å². The van der Waals surface area contributed by atoms with Gasteiger partial charge in [0.2, 0.25) is 0 Å². The Labute approximate surface area is 171 Å². The Hall–Kier alpha value is -1.90. The topological polar surface area (TPSA) is 105 Å². The highest BCUT2D eigenvalue weighted by atomic mass is 16.3. The van der Waals surface area contributed by atoms with Crippen molar-refractivity contribution in [3.05, 3.63) is 24.0 Å². The molecule has 8 heteroatoms. The first-order valence-electron chi connectivity index (χ1n) is 10.7. The van der Waals surface area contributed by atoms with Crippen LogP contribution in [0.3, 0.4) is 0 Å². The minimum absolute atomic E-state index is 0.0799. The van der Waals surface area contributed by atoms with Crippen LogP contribution in [0.15, 0.2) is 23.6 Å². The summed E-state index contributed by atoms with van der Waals surface area (Å²) in [6.45, 7) is 4.64. The number of hydrogen-bond acceptors (Lipinski definition) is 6. The summed E-state index contributed by atoms with van der Waals surface area (Å²) in [5.41, 5.74) is 2.91. The standard InChI is InChI=1S/C21H29BN4O3/c1-12-7-14-10-21(28,8-12)9-13(2)17(14)19-18-15-3-4-23-20(15)24-11-16(18)22(29)26(25-19)5-6-27/h3-4,11-14,17,27-29H,5-10H2,1-2H3,(H,23,24)/t12-,13-,14+,17-,21-/m1/s1. The van der Waals surface area contributed by atoms with Gasteiger partial charge >= 0.3 is 7.05 Å². The van der Waals surface area contributed by atoms with Crippen molar-refractivity contribution in [1.82, 2.24) is 14.9 Å². The number of β-amino-alcohol motifs (C(OH)–C–C–N with tert-alkyl or cyclic N) is 1. The molecule has 3 aliphatic rings.